The highest BCUT2D eigenvalue weighted by atomic mass is 32.2. The van der Waals surface area contributed by atoms with E-state index in [1.165, 1.54) is 37.1 Å². The summed E-state index contributed by atoms with van der Waals surface area (Å²) in [5.74, 6) is -2.24. The van der Waals surface area contributed by atoms with Gasteiger partial charge in [-0.1, -0.05) is 0 Å². The summed E-state index contributed by atoms with van der Waals surface area (Å²) in [4.78, 5) is 17.1. The van der Waals surface area contributed by atoms with Crippen LogP contribution in [0.2, 0.25) is 0 Å². The van der Waals surface area contributed by atoms with E-state index >= 15 is 4.39 Å². The topological polar surface area (TPSA) is 115 Å². The molecule has 3 rings (SSSR count). The second kappa shape index (κ2) is 9.18. The number of amides is 1. The van der Waals surface area contributed by atoms with Crippen LogP contribution < -0.4 is 0 Å². The van der Waals surface area contributed by atoms with Crippen molar-refractivity contribution in [1.82, 2.24) is 13.9 Å². The molecule has 0 radical (unpaired) electrons. The molecule has 1 unspecified atom stereocenters. The van der Waals surface area contributed by atoms with E-state index in [2.05, 4.69) is 4.98 Å². The molecular weight excluding hydrogens is 472 g/mol. The van der Waals surface area contributed by atoms with Gasteiger partial charge in [-0.05, 0) is 52.0 Å². The number of nitrogens with zero attached hydrogens (tertiary/aromatic N) is 3. The number of aliphatic hydroxyl groups excluding tert-OH is 1. The molecule has 3 aromatic heterocycles. The number of carbonyl (C=O) groups excluding carboxylic acids is 1. The van der Waals surface area contributed by atoms with Gasteiger partial charge >= 0.3 is 16.1 Å². The second-order valence-corrected chi connectivity index (χ2v) is 10.3. The van der Waals surface area contributed by atoms with Crippen LogP contribution in [0.3, 0.4) is 0 Å². The van der Waals surface area contributed by atoms with Crippen molar-refractivity contribution in [3.63, 3.8) is 0 Å². The number of ether oxygens (including phenoxy) is 1. The number of aliphatic hydroxyl groups is 1. The van der Waals surface area contributed by atoms with Gasteiger partial charge in [0.05, 0.1) is 5.56 Å². The lowest BCUT2D eigenvalue weighted by Gasteiger charge is -2.30. The van der Waals surface area contributed by atoms with Gasteiger partial charge in [-0.3, -0.25) is 0 Å². The van der Waals surface area contributed by atoms with E-state index < -0.39 is 62.5 Å². The quantitative estimate of drug-likeness (QED) is 0.510. The number of furan rings is 1. The van der Waals surface area contributed by atoms with Crippen LogP contribution in [0.1, 0.15) is 45.1 Å². The molecule has 0 fully saturated rings. The van der Waals surface area contributed by atoms with Crippen LogP contribution in [0.25, 0.3) is 11.3 Å². The molecule has 0 aliphatic rings. The Hall–Kier alpha value is -3.25. The standard InChI is InChI=1S/C22H25F2N3O6S/c1-13(28)16-8-9-17(33-16)34(30,31)27-11-14(12-32-21(29)26(5)22(2,3)4)18(23)19(27)15-7-6-10-25-20(15)24/h6-11,13,28H,12H2,1-5H3. The Balaban J connectivity index is 2.10. The number of pyridine rings is 1. The monoisotopic (exact) mass is 497 g/mol. The van der Waals surface area contributed by atoms with Gasteiger partial charge in [0, 0.05) is 30.5 Å². The zero-order valence-electron chi connectivity index (χ0n) is 19.2. The summed E-state index contributed by atoms with van der Waals surface area (Å²) in [6, 6.07) is 4.83. The predicted molar refractivity (Wildman–Crippen MR) is 117 cm³/mol. The summed E-state index contributed by atoms with van der Waals surface area (Å²) in [5.41, 5.74) is -1.94. The van der Waals surface area contributed by atoms with Gasteiger partial charge < -0.3 is 19.2 Å². The lowest BCUT2D eigenvalue weighted by atomic mass is 10.1. The van der Waals surface area contributed by atoms with Crippen molar-refractivity contribution < 1.29 is 36.3 Å². The molecule has 3 aromatic rings. The van der Waals surface area contributed by atoms with Gasteiger partial charge in [0.15, 0.2) is 5.82 Å². The maximum atomic E-state index is 15.5. The number of halogens is 2. The summed E-state index contributed by atoms with van der Waals surface area (Å²) in [7, 11) is -3.07. The van der Waals surface area contributed by atoms with E-state index in [-0.39, 0.29) is 11.3 Å². The van der Waals surface area contributed by atoms with E-state index in [0.717, 1.165) is 18.5 Å². The Labute approximate surface area is 195 Å². The molecule has 34 heavy (non-hydrogen) atoms. The molecule has 1 N–H and O–H groups in total. The SMILES string of the molecule is CC(O)c1ccc(S(=O)(=O)n2cc(COC(=O)N(C)C(C)(C)C)c(F)c2-c2cccnc2F)o1. The predicted octanol–water partition coefficient (Wildman–Crippen LogP) is 4.08. The van der Waals surface area contributed by atoms with Crippen molar-refractivity contribution in [2.45, 2.75) is 51.0 Å². The van der Waals surface area contributed by atoms with E-state index in [1.807, 2.05) is 0 Å². The first-order valence-electron chi connectivity index (χ1n) is 10.2. The third-order valence-electron chi connectivity index (χ3n) is 5.16. The first kappa shape index (κ1) is 25.4. The van der Waals surface area contributed by atoms with Crippen LogP contribution in [0, 0.1) is 11.8 Å². The summed E-state index contributed by atoms with van der Waals surface area (Å²) >= 11 is 0. The van der Waals surface area contributed by atoms with E-state index in [4.69, 9.17) is 9.15 Å². The summed E-state index contributed by atoms with van der Waals surface area (Å²) in [6.45, 7) is 6.08. The molecule has 0 aliphatic carbocycles. The largest absolute Gasteiger partial charge is 0.445 e. The van der Waals surface area contributed by atoms with E-state index in [1.54, 1.807) is 20.8 Å². The summed E-state index contributed by atoms with van der Waals surface area (Å²) in [6.07, 6.45) is 0.173. The molecular formula is C22H25F2N3O6S. The third-order valence-corrected chi connectivity index (χ3v) is 6.69. The van der Waals surface area contributed by atoms with Crippen LogP contribution in [-0.2, 0) is 21.4 Å². The molecule has 9 nitrogen and oxygen atoms in total. The van der Waals surface area contributed by atoms with Crippen LogP contribution in [0.15, 0.2) is 46.2 Å². The zero-order chi connectivity index (χ0) is 25.4. The summed E-state index contributed by atoms with van der Waals surface area (Å²) < 4.78 is 67.4. The highest BCUT2D eigenvalue weighted by Crippen LogP contribution is 2.33. The fourth-order valence-corrected chi connectivity index (χ4v) is 4.23. The van der Waals surface area contributed by atoms with Gasteiger partial charge in [-0.25, -0.2) is 18.1 Å². The highest BCUT2D eigenvalue weighted by molar-refractivity contribution is 7.89. The Bertz CT molecular complexity index is 1310. The van der Waals surface area contributed by atoms with Crippen molar-refractivity contribution >= 4 is 16.1 Å². The number of carbonyl (C=O) groups is 1. The minimum atomic E-state index is -4.57. The Morgan fingerprint density at radius 1 is 1.29 bits per heavy atom. The van der Waals surface area contributed by atoms with Crippen LogP contribution in [-0.4, -0.2) is 46.1 Å². The number of hydrogen-bond acceptors (Lipinski definition) is 7. The lowest BCUT2D eigenvalue weighted by Crippen LogP contribution is -2.42. The van der Waals surface area contributed by atoms with Gasteiger partial charge in [0.2, 0.25) is 11.0 Å². The van der Waals surface area contributed by atoms with Gasteiger partial charge in [-0.2, -0.15) is 12.8 Å². The van der Waals surface area contributed by atoms with Crippen LogP contribution in [0.4, 0.5) is 13.6 Å². The zero-order valence-corrected chi connectivity index (χ0v) is 20.1. The van der Waals surface area contributed by atoms with Gasteiger partial charge in [-0.15, -0.1) is 0 Å². The first-order valence-corrected chi connectivity index (χ1v) is 11.6. The van der Waals surface area contributed by atoms with Crippen molar-refractivity contribution in [2.75, 3.05) is 7.05 Å². The molecule has 1 atom stereocenters. The molecule has 0 saturated carbocycles. The van der Waals surface area contributed by atoms with Crippen molar-refractivity contribution in [2.24, 2.45) is 0 Å². The summed E-state index contributed by atoms with van der Waals surface area (Å²) in [5, 5.41) is 9.05. The molecule has 0 saturated heterocycles. The van der Waals surface area contributed by atoms with Gasteiger partial charge in [0.1, 0.15) is 24.2 Å². The Morgan fingerprint density at radius 3 is 2.53 bits per heavy atom. The minimum Gasteiger partial charge on any atom is -0.445 e. The fraction of sp³-hybridized carbons (Fsp3) is 0.364. The average molecular weight is 498 g/mol. The molecule has 3 heterocycles. The molecule has 0 aromatic carbocycles. The third kappa shape index (κ3) is 4.82. The number of aromatic nitrogens is 2. The molecule has 184 valence electrons. The molecule has 0 aliphatic heterocycles. The maximum absolute atomic E-state index is 15.5. The highest BCUT2D eigenvalue weighted by Gasteiger charge is 2.32. The number of hydrogen-bond donors (Lipinski definition) is 1. The van der Waals surface area contributed by atoms with Crippen molar-refractivity contribution in [1.29, 1.82) is 0 Å². The average Bonchev–Trinajstić information content (AvgIpc) is 3.38. The Kier molecular flexibility index (Phi) is 6.85. The maximum Gasteiger partial charge on any atom is 0.410 e. The van der Waals surface area contributed by atoms with Crippen LogP contribution in [0.5, 0.6) is 0 Å². The minimum absolute atomic E-state index is 0.0281. The second-order valence-electron chi connectivity index (χ2n) is 8.58. The first-order chi connectivity index (χ1) is 15.7. The van der Waals surface area contributed by atoms with Gasteiger partial charge in [0.25, 0.3) is 0 Å². The molecule has 12 heteroatoms. The normalized spacial score (nSPS) is 13.1. The van der Waals surface area contributed by atoms with E-state index in [0.29, 0.717) is 3.97 Å². The fourth-order valence-electron chi connectivity index (χ4n) is 2.91. The molecule has 0 bridgehead atoms. The number of rotatable bonds is 6. The van der Waals surface area contributed by atoms with Crippen LogP contribution >= 0.6 is 0 Å². The molecule has 1 amide bonds. The lowest BCUT2D eigenvalue weighted by molar-refractivity contribution is 0.0753. The van der Waals surface area contributed by atoms with Crippen molar-refractivity contribution in [3.8, 4) is 11.3 Å². The molecule has 0 spiro atoms. The Morgan fingerprint density at radius 2 is 1.97 bits per heavy atom. The smallest absolute Gasteiger partial charge is 0.410 e. The van der Waals surface area contributed by atoms with E-state index in [9.17, 15) is 22.7 Å². The van der Waals surface area contributed by atoms with Crippen molar-refractivity contribution in [3.05, 3.63) is 59.7 Å².